The summed E-state index contributed by atoms with van der Waals surface area (Å²) in [5, 5.41) is 3.56. The van der Waals surface area contributed by atoms with Gasteiger partial charge in [0.25, 0.3) is 0 Å². The monoisotopic (exact) mass is 193 g/mol. The zero-order valence-corrected chi connectivity index (χ0v) is 9.39. The molecular formula is C13H23N. The van der Waals surface area contributed by atoms with E-state index in [0.29, 0.717) is 6.04 Å². The van der Waals surface area contributed by atoms with E-state index in [1.165, 1.54) is 32.1 Å². The lowest BCUT2D eigenvalue weighted by molar-refractivity contribution is 0.519. The Labute approximate surface area is 88.3 Å². The van der Waals surface area contributed by atoms with Gasteiger partial charge in [-0.1, -0.05) is 17.7 Å². The number of hydrogen-bond donors (Lipinski definition) is 1. The lowest BCUT2D eigenvalue weighted by Crippen LogP contribution is -2.26. The molecule has 1 aliphatic carbocycles. The third kappa shape index (κ3) is 4.61. The highest BCUT2D eigenvalue weighted by molar-refractivity contribution is 5.07. The largest absolute Gasteiger partial charge is 0.314 e. The van der Waals surface area contributed by atoms with Crippen LogP contribution in [0.3, 0.4) is 0 Å². The Morgan fingerprint density at radius 2 is 2.50 bits per heavy atom. The third-order valence-corrected chi connectivity index (χ3v) is 2.88. The van der Waals surface area contributed by atoms with Crippen LogP contribution < -0.4 is 5.32 Å². The molecule has 0 radical (unpaired) electrons. The van der Waals surface area contributed by atoms with Gasteiger partial charge in [0.15, 0.2) is 0 Å². The molecule has 1 heteroatoms. The normalized spacial score (nSPS) is 17.9. The maximum absolute atomic E-state index is 3.74. The van der Waals surface area contributed by atoms with Crippen LogP contribution in [0.25, 0.3) is 0 Å². The third-order valence-electron chi connectivity index (χ3n) is 2.88. The van der Waals surface area contributed by atoms with Crippen molar-refractivity contribution >= 4 is 0 Å². The first-order valence-electron chi connectivity index (χ1n) is 5.85. The van der Waals surface area contributed by atoms with Crippen molar-refractivity contribution in [3.8, 4) is 0 Å². The number of allylic oxidation sites excluding steroid dienone is 2. The molecule has 1 N–H and O–H groups in total. The van der Waals surface area contributed by atoms with Crippen molar-refractivity contribution in [2.24, 2.45) is 0 Å². The zero-order valence-electron chi connectivity index (χ0n) is 9.39. The van der Waals surface area contributed by atoms with Crippen LogP contribution >= 0.6 is 0 Å². The molecule has 0 bridgehead atoms. The van der Waals surface area contributed by atoms with Gasteiger partial charge < -0.3 is 5.32 Å². The molecule has 0 heterocycles. The summed E-state index contributed by atoms with van der Waals surface area (Å²) in [6.07, 6.45) is 12.0. The second-order valence-corrected chi connectivity index (χ2v) is 4.23. The zero-order chi connectivity index (χ0) is 10.2. The van der Waals surface area contributed by atoms with E-state index in [2.05, 4.69) is 24.9 Å². The van der Waals surface area contributed by atoms with Crippen LogP contribution in [-0.2, 0) is 0 Å². The Hall–Kier alpha value is -0.560. The van der Waals surface area contributed by atoms with E-state index in [0.717, 1.165) is 13.0 Å². The molecule has 0 saturated heterocycles. The van der Waals surface area contributed by atoms with E-state index in [1.807, 2.05) is 6.08 Å². The summed E-state index contributed by atoms with van der Waals surface area (Å²) in [5.74, 6) is 0. The second-order valence-electron chi connectivity index (χ2n) is 4.23. The predicted molar refractivity (Wildman–Crippen MR) is 63.4 cm³/mol. The fourth-order valence-corrected chi connectivity index (χ4v) is 1.91. The van der Waals surface area contributed by atoms with Gasteiger partial charge in [0.2, 0.25) is 0 Å². The first-order valence-corrected chi connectivity index (χ1v) is 5.85. The molecule has 1 aliphatic rings. The van der Waals surface area contributed by atoms with Crippen LogP contribution in [0.4, 0.5) is 0 Å². The number of rotatable bonds is 7. The molecule has 1 rings (SSSR count). The highest BCUT2D eigenvalue weighted by Gasteiger charge is 2.04. The van der Waals surface area contributed by atoms with Gasteiger partial charge in [-0.05, 0) is 52.0 Å². The molecule has 1 nitrogen and oxygen atoms in total. The molecule has 0 aromatic rings. The topological polar surface area (TPSA) is 12.0 Å². The maximum Gasteiger partial charge on any atom is 0.00418 e. The Balaban J connectivity index is 1.99. The molecule has 1 atom stereocenters. The molecule has 0 aromatic heterocycles. The van der Waals surface area contributed by atoms with Gasteiger partial charge in [-0.25, -0.2) is 0 Å². The van der Waals surface area contributed by atoms with Gasteiger partial charge in [-0.3, -0.25) is 0 Å². The highest BCUT2D eigenvalue weighted by atomic mass is 14.9. The summed E-state index contributed by atoms with van der Waals surface area (Å²) in [6, 6.07) is 0.634. The summed E-state index contributed by atoms with van der Waals surface area (Å²) in [4.78, 5) is 0. The Morgan fingerprint density at radius 3 is 3.14 bits per heavy atom. The summed E-state index contributed by atoms with van der Waals surface area (Å²) in [6.45, 7) is 7.14. The van der Waals surface area contributed by atoms with Gasteiger partial charge in [0.1, 0.15) is 0 Å². The molecule has 80 valence electrons. The molecule has 1 unspecified atom stereocenters. The average molecular weight is 193 g/mol. The SMILES string of the molecule is C=CCCC(C)NCCC1=CCCC1. The van der Waals surface area contributed by atoms with Crippen LogP contribution in [0.15, 0.2) is 24.3 Å². The first kappa shape index (κ1) is 11.5. The van der Waals surface area contributed by atoms with E-state index >= 15 is 0 Å². The van der Waals surface area contributed by atoms with E-state index in [9.17, 15) is 0 Å². The van der Waals surface area contributed by atoms with E-state index in [1.54, 1.807) is 5.57 Å². The average Bonchev–Trinajstić information content (AvgIpc) is 2.67. The Kier molecular flexibility index (Phi) is 5.62. The standard InChI is InChI=1S/C13H23N/c1-3-4-7-12(2)14-11-10-13-8-5-6-9-13/h3,8,12,14H,1,4-7,9-11H2,2H3. The minimum absolute atomic E-state index is 0.634. The van der Waals surface area contributed by atoms with Crippen LogP contribution in [0, 0.1) is 0 Å². The van der Waals surface area contributed by atoms with Crippen molar-refractivity contribution < 1.29 is 0 Å². The van der Waals surface area contributed by atoms with Crippen molar-refractivity contribution in [1.82, 2.24) is 5.32 Å². The van der Waals surface area contributed by atoms with Crippen molar-refractivity contribution in [1.29, 1.82) is 0 Å². The smallest absolute Gasteiger partial charge is 0.00418 e. The van der Waals surface area contributed by atoms with E-state index in [4.69, 9.17) is 0 Å². The van der Waals surface area contributed by atoms with Crippen molar-refractivity contribution in [2.45, 2.75) is 51.5 Å². The maximum atomic E-state index is 3.74. The van der Waals surface area contributed by atoms with Crippen molar-refractivity contribution in [3.63, 3.8) is 0 Å². The quantitative estimate of drug-likeness (QED) is 0.611. The summed E-state index contributed by atoms with van der Waals surface area (Å²) in [5.41, 5.74) is 1.66. The number of nitrogens with one attached hydrogen (secondary N) is 1. The fraction of sp³-hybridized carbons (Fsp3) is 0.692. The minimum Gasteiger partial charge on any atom is -0.314 e. The summed E-state index contributed by atoms with van der Waals surface area (Å²) in [7, 11) is 0. The van der Waals surface area contributed by atoms with Crippen LogP contribution in [0.1, 0.15) is 45.4 Å². The summed E-state index contributed by atoms with van der Waals surface area (Å²) >= 11 is 0. The lowest BCUT2D eigenvalue weighted by atomic mass is 10.1. The van der Waals surface area contributed by atoms with Gasteiger partial charge in [0.05, 0.1) is 0 Å². The Morgan fingerprint density at radius 1 is 1.64 bits per heavy atom. The van der Waals surface area contributed by atoms with Gasteiger partial charge in [0, 0.05) is 6.04 Å². The van der Waals surface area contributed by atoms with Crippen LogP contribution in [0.2, 0.25) is 0 Å². The number of hydrogen-bond acceptors (Lipinski definition) is 1. The van der Waals surface area contributed by atoms with E-state index < -0.39 is 0 Å². The van der Waals surface area contributed by atoms with E-state index in [-0.39, 0.29) is 0 Å². The molecule has 0 aromatic carbocycles. The lowest BCUT2D eigenvalue weighted by Gasteiger charge is -2.12. The van der Waals surface area contributed by atoms with Crippen molar-refractivity contribution in [2.75, 3.05) is 6.54 Å². The van der Waals surface area contributed by atoms with Gasteiger partial charge in [-0.2, -0.15) is 0 Å². The second kappa shape index (κ2) is 6.83. The Bertz CT molecular complexity index is 193. The van der Waals surface area contributed by atoms with Gasteiger partial charge >= 0.3 is 0 Å². The van der Waals surface area contributed by atoms with Crippen LogP contribution in [0.5, 0.6) is 0 Å². The van der Waals surface area contributed by atoms with Crippen LogP contribution in [-0.4, -0.2) is 12.6 Å². The predicted octanol–water partition coefficient (Wildman–Crippen LogP) is 3.43. The van der Waals surface area contributed by atoms with Crippen molar-refractivity contribution in [3.05, 3.63) is 24.3 Å². The fourth-order valence-electron chi connectivity index (χ4n) is 1.91. The first-order chi connectivity index (χ1) is 6.83. The van der Waals surface area contributed by atoms with Gasteiger partial charge in [-0.15, -0.1) is 6.58 Å². The molecule has 0 saturated carbocycles. The molecule has 0 fully saturated rings. The highest BCUT2D eigenvalue weighted by Crippen LogP contribution is 2.19. The molecule has 14 heavy (non-hydrogen) atoms. The molecule has 0 aliphatic heterocycles. The molecule has 0 amide bonds. The molecule has 0 spiro atoms. The molecular weight excluding hydrogens is 170 g/mol. The minimum atomic E-state index is 0.634. The summed E-state index contributed by atoms with van der Waals surface area (Å²) < 4.78 is 0.